The summed E-state index contributed by atoms with van der Waals surface area (Å²) in [6, 6.07) is 2.24. The van der Waals surface area contributed by atoms with Crippen LogP contribution in [0.1, 0.15) is 70.2 Å². The van der Waals surface area contributed by atoms with E-state index in [4.69, 9.17) is 15.2 Å². The van der Waals surface area contributed by atoms with Gasteiger partial charge in [-0.1, -0.05) is 13.8 Å². The number of nitrogens with zero attached hydrogens (tertiary/aromatic N) is 3. The van der Waals surface area contributed by atoms with Crippen molar-refractivity contribution in [3.63, 3.8) is 0 Å². The Balaban J connectivity index is 1.53. The molecule has 1 heterocycles. The number of aromatic nitrogens is 2. The molecule has 0 radical (unpaired) electrons. The highest BCUT2D eigenvalue weighted by atomic mass is 16.6. The standard InChI is InChI=1S/C25H35N5O4/c1-15(2)13-33-22-19(12-28-30(22)6-5-24(3,4)14-26)21(31)29-20-17-7-16-8-18(20)11-25(9-16,10-17)34-23(27)32/h5-6,12,15-18,20H,7-11,13H2,1-4H3,(H2,27,32)(H,29,31)/b6-5+/t16?,17?,18?,20-,25-. The van der Waals surface area contributed by atoms with Crippen molar-refractivity contribution in [2.45, 2.75) is 71.4 Å². The van der Waals surface area contributed by atoms with Crippen molar-refractivity contribution in [2.24, 2.45) is 34.8 Å². The van der Waals surface area contributed by atoms with Gasteiger partial charge < -0.3 is 20.5 Å². The predicted molar refractivity (Wildman–Crippen MR) is 125 cm³/mol. The monoisotopic (exact) mass is 469 g/mol. The number of nitrogens with two attached hydrogens (primary N) is 1. The Morgan fingerprint density at radius 1 is 1.35 bits per heavy atom. The van der Waals surface area contributed by atoms with Gasteiger partial charge in [0.05, 0.1) is 24.3 Å². The normalized spacial score (nSPS) is 29.9. The van der Waals surface area contributed by atoms with E-state index in [1.807, 2.05) is 13.8 Å². The minimum Gasteiger partial charge on any atom is -0.477 e. The molecule has 0 saturated heterocycles. The molecule has 184 valence electrons. The van der Waals surface area contributed by atoms with Gasteiger partial charge in [0.1, 0.15) is 11.2 Å². The average molecular weight is 470 g/mol. The van der Waals surface area contributed by atoms with Crippen LogP contribution >= 0.6 is 0 Å². The summed E-state index contributed by atoms with van der Waals surface area (Å²) in [7, 11) is 0. The van der Waals surface area contributed by atoms with Crippen LogP contribution < -0.4 is 15.8 Å². The number of amides is 2. The molecule has 0 aromatic carbocycles. The summed E-state index contributed by atoms with van der Waals surface area (Å²) in [5.74, 6) is 1.42. The Labute approximate surface area is 200 Å². The second-order valence-electron chi connectivity index (χ2n) is 11.2. The number of rotatable bonds is 8. The van der Waals surface area contributed by atoms with Gasteiger partial charge in [-0.2, -0.15) is 10.4 Å². The van der Waals surface area contributed by atoms with E-state index < -0.39 is 17.1 Å². The van der Waals surface area contributed by atoms with E-state index in [1.165, 1.54) is 10.9 Å². The highest BCUT2D eigenvalue weighted by Gasteiger charge is 2.57. The third-order valence-electron chi connectivity index (χ3n) is 7.30. The molecule has 1 aromatic heterocycles. The zero-order valence-corrected chi connectivity index (χ0v) is 20.4. The molecule has 4 aliphatic rings. The Kier molecular flexibility index (Phi) is 6.36. The van der Waals surface area contributed by atoms with Gasteiger partial charge in [0.2, 0.25) is 5.88 Å². The summed E-state index contributed by atoms with van der Waals surface area (Å²) in [5.41, 5.74) is 4.58. The molecule has 9 heteroatoms. The Morgan fingerprint density at radius 2 is 2.03 bits per heavy atom. The zero-order chi connectivity index (χ0) is 24.7. The molecule has 2 atom stereocenters. The Bertz CT molecular complexity index is 1000. The maximum atomic E-state index is 13.4. The van der Waals surface area contributed by atoms with Crippen LogP contribution in [0, 0.1) is 40.4 Å². The van der Waals surface area contributed by atoms with Gasteiger partial charge in [-0.25, -0.2) is 9.48 Å². The first-order valence-corrected chi connectivity index (χ1v) is 12.1. The van der Waals surface area contributed by atoms with Gasteiger partial charge in [0, 0.05) is 12.2 Å². The van der Waals surface area contributed by atoms with Gasteiger partial charge >= 0.3 is 6.09 Å². The van der Waals surface area contributed by atoms with Crippen molar-refractivity contribution in [2.75, 3.05) is 6.61 Å². The summed E-state index contributed by atoms with van der Waals surface area (Å²) in [4.78, 5) is 24.9. The highest BCUT2D eigenvalue weighted by molar-refractivity contribution is 5.96. The third kappa shape index (κ3) is 4.91. The maximum Gasteiger partial charge on any atom is 0.405 e. The van der Waals surface area contributed by atoms with Gasteiger partial charge in [-0.3, -0.25) is 4.79 Å². The topological polar surface area (TPSA) is 132 Å². The van der Waals surface area contributed by atoms with Crippen LogP contribution in [-0.4, -0.2) is 40.0 Å². The van der Waals surface area contributed by atoms with E-state index in [-0.39, 0.29) is 29.7 Å². The number of primary amides is 1. The zero-order valence-electron chi connectivity index (χ0n) is 20.4. The van der Waals surface area contributed by atoms with Gasteiger partial charge in [0.15, 0.2) is 0 Å². The first kappa shape index (κ1) is 24.1. The lowest BCUT2D eigenvalue weighted by Crippen LogP contribution is -2.63. The minimum atomic E-state index is -0.713. The predicted octanol–water partition coefficient (Wildman–Crippen LogP) is 3.71. The Morgan fingerprint density at radius 3 is 2.62 bits per heavy atom. The highest BCUT2D eigenvalue weighted by Crippen LogP contribution is 2.57. The number of hydrogen-bond donors (Lipinski definition) is 2. The summed E-state index contributed by atoms with van der Waals surface area (Å²) < 4.78 is 13.1. The fourth-order valence-electron chi connectivity index (χ4n) is 6.05. The van der Waals surface area contributed by atoms with Gasteiger partial charge in [-0.15, -0.1) is 0 Å². The van der Waals surface area contributed by atoms with Gasteiger partial charge in [-0.05, 0) is 75.7 Å². The quantitative estimate of drug-likeness (QED) is 0.596. The van der Waals surface area contributed by atoms with Crippen molar-refractivity contribution in [1.82, 2.24) is 15.1 Å². The van der Waals surface area contributed by atoms with E-state index >= 15 is 0 Å². The molecule has 0 spiro atoms. The minimum absolute atomic E-state index is 0.0167. The summed E-state index contributed by atoms with van der Waals surface area (Å²) in [6.45, 7) is 8.11. The van der Waals surface area contributed by atoms with Crippen LogP contribution in [0.5, 0.6) is 5.88 Å². The third-order valence-corrected chi connectivity index (χ3v) is 7.30. The molecule has 3 N–H and O–H groups in total. The Hall–Kier alpha value is -3.02. The van der Waals surface area contributed by atoms with Crippen LogP contribution in [0.4, 0.5) is 4.79 Å². The SMILES string of the molecule is CC(C)COc1c(C(=O)N[C@H]2C3CC4CC2C[C@](OC(N)=O)(C4)C3)cnn1/C=C/C(C)(C)C#N. The van der Waals surface area contributed by atoms with E-state index in [2.05, 4.69) is 16.5 Å². The largest absolute Gasteiger partial charge is 0.477 e. The van der Waals surface area contributed by atoms with Gasteiger partial charge in [0.25, 0.3) is 5.91 Å². The lowest BCUT2D eigenvalue weighted by molar-refractivity contribution is -0.137. The van der Waals surface area contributed by atoms with E-state index in [0.29, 0.717) is 24.0 Å². The molecule has 2 amide bonds. The van der Waals surface area contributed by atoms with Crippen LogP contribution in [-0.2, 0) is 4.74 Å². The molecular weight excluding hydrogens is 434 g/mol. The number of nitriles is 1. The van der Waals surface area contributed by atoms with Crippen molar-refractivity contribution < 1.29 is 19.1 Å². The number of allylic oxidation sites excluding steroid dienone is 1. The average Bonchev–Trinajstić information content (AvgIpc) is 3.15. The number of carbonyl (C=O) groups excluding carboxylic acids is 2. The molecule has 34 heavy (non-hydrogen) atoms. The molecule has 4 fully saturated rings. The number of hydrogen-bond acceptors (Lipinski definition) is 6. The van der Waals surface area contributed by atoms with Crippen LogP contribution in [0.2, 0.25) is 0 Å². The number of ether oxygens (including phenoxy) is 2. The van der Waals surface area contributed by atoms with Crippen molar-refractivity contribution >= 4 is 18.2 Å². The summed E-state index contributed by atoms with van der Waals surface area (Å²) in [6.07, 6.45) is 8.59. The van der Waals surface area contributed by atoms with E-state index in [9.17, 15) is 14.9 Å². The number of nitrogens with one attached hydrogen (secondary N) is 1. The first-order chi connectivity index (χ1) is 16.0. The van der Waals surface area contributed by atoms with Crippen molar-refractivity contribution in [1.29, 1.82) is 5.26 Å². The van der Waals surface area contributed by atoms with Crippen molar-refractivity contribution in [3.8, 4) is 11.9 Å². The van der Waals surface area contributed by atoms with Crippen molar-refractivity contribution in [3.05, 3.63) is 17.8 Å². The molecule has 5 rings (SSSR count). The number of carbonyl (C=O) groups is 2. The first-order valence-electron chi connectivity index (χ1n) is 12.1. The fraction of sp³-hybridized carbons (Fsp3) is 0.680. The van der Waals surface area contributed by atoms with Crippen LogP contribution in [0.3, 0.4) is 0 Å². The van der Waals surface area contributed by atoms with E-state index in [0.717, 1.165) is 32.1 Å². The lowest BCUT2D eigenvalue weighted by Gasteiger charge is -2.58. The summed E-state index contributed by atoms with van der Waals surface area (Å²) in [5, 5.41) is 16.9. The molecular formula is C25H35N5O4. The van der Waals surface area contributed by atoms with Crippen LogP contribution in [0.15, 0.2) is 12.3 Å². The molecule has 9 nitrogen and oxygen atoms in total. The second kappa shape index (κ2) is 8.97. The molecule has 4 bridgehead atoms. The molecule has 1 aromatic rings. The maximum absolute atomic E-state index is 13.4. The lowest BCUT2D eigenvalue weighted by atomic mass is 9.52. The molecule has 2 unspecified atom stereocenters. The molecule has 4 aliphatic carbocycles. The molecule has 4 saturated carbocycles. The molecule has 0 aliphatic heterocycles. The smallest absolute Gasteiger partial charge is 0.405 e. The summed E-state index contributed by atoms with van der Waals surface area (Å²) >= 11 is 0. The van der Waals surface area contributed by atoms with Crippen LogP contribution in [0.25, 0.3) is 6.20 Å². The fourth-order valence-corrected chi connectivity index (χ4v) is 6.05. The second-order valence-corrected chi connectivity index (χ2v) is 11.2. The van der Waals surface area contributed by atoms with E-state index in [1.54, 1.807) is 26.1 Å².